The molecule has 0 bridgehead atoms. The maximum absolute atomic E-state index is 11.2. The topological polar surface area (TPSA) is 66.6 Å². The van der Waals surface area contributed by atoms with E-state index < -0.39 is 5.97 Å². The van der Waals surface area contributed by atoms with E-state index in [0.29, 0.717) is 12.4 Å². The molecule has 1 N–H and O–H groups in total. The smallest absolute Gasteiger partial charge is 0.335 e. The van der Waals surface area contributed by atoms with Crippen LogP contribution in [0.1, 0.15) is 41.4 Å². The van der Waals surface area contributed by atoms with Crippen LogP contribution in [0.5, 0.6) is 0 Å². The van der Waals surface area contributed by atoms with Crippen LogP contribution < -0.4 is 4.90 Å². The van der Waals surface area contributed by atoms with Gasteiger partial charge >= 0.3 is 5.97 Å². The SMILES string of the molecule is CC(C)c1cc(C(=O)O)cc(N(C)Cc2ccoc2)n1. The Labute approximate surface area is 117 Å². The Morgan fingerprint density at radius 1 is 1.45 bits per heavy atom. The zero-order valence-corrected chi connectivity index (χ0v) is 11.8. The van der Waals surface area contributed by atoms with E-state index in [2.05, 4.69) is 4.98 Å². The van der Waals surface area contributed by atoms with Crippen molar-refractivity contribution >= 4 is 11.8 Å². The average molecular weight is 274 g/mol. The minimum Gasteiger partial charge on any atom is -0.478 e. The lowest BCUT2D eigenvalue weighted by molar-refractivity contribution is 0.0696. The van der Waals surface area contributed by atoms with Crippen molar-refractivity contribution in [1.82, 2.24) is 4.98 Å². The van der Waals surface area contributed by atoms with Gasteiger partial charge in [-0.05, 0) is 24.1 Å². The van der Waals surface area contributed by atoms with Gasteiger partial charge in [-0.25, -0.2) is 9.78 Å². The number of carboxylic acids is 1. The van der Waals surface area contributed by atoms with Gasteiger partial charge in [0.1, 0.15) is 5.82 Å². The minimum atomic E-state index is -0.938. The number of aromatic nitrogens is 1. The highest BCUT2D eigenvalue weighted by atomic mass is 16.4. The Hall–Kier alpha value is -2.30. The van der Waals surface area contributed by atoms with Crippen molar-refractivity contribution in [2.75, 3.05) is 11.9 Å². The Morgan fingerprint density at radius 2 is 2.20 bits per heavy atom. The minimum absolute atomic E-state index is 0.176. The number of nitrogens with zero attached hydrogens (tertiary/aromatic N) is 2. The fourth-order valence-electron chi connectivity index (χ4n) is 1.89. The molecule has 20 heavy (non-hydrogen) atoms. The molecule has 106 valence electrons. The van der Waals surface area contributed by atoms with Crippen LogP contribution in [-0.2, 0) is 6.54 Å². The van der Waals surface area contributed by atoms with Crippen molar-refractivity contribution < 1.29 is 14.3 Å². The summed E-state index contributed by atoms with van der Waals surface area (Å²) >= 11 is 0. The molecule has 0 unspecified atom stereocenters. The van der Waals surface area contributed by atoms with Crippen LogP contribution >= 0.6 is 0 Å². The van der Waals surface area contributed by atoms with Crippen LogP contribution in [-0.4, -0.2) is 23.1 Å². The third-order valence-electron chi connectivity index (χ3n) is 3.06. The Morgan fingerprint density at radius 3 is 2.75 bits per heavy atom. The first-order valence-corrected chi connectivity index (χ1v) is 6.45. The molecule has 0 aliphatic heterocycles. The monoisotopic (exact) mass is 274 g/mol. The Bertz CT molecular complexity index is 591. The maximum Gasteiger partial charge on any atom is 0.335 e. The van der Waals surface area contributed by atoms with Gasteiger partial charge in [0.25, 0.3) is 0 Å². The van der Waals surface area contributed by atoms with E-state index in [-0.39, 0.29) is 11.5 Å². The summed E-state index contributed by atoms with van der Waals surface area (Å²) in [6.07, 6.45) is 3.28. The number of hydrogen-bond acceptors (Lipinski definition) is 4. The van der Waals surface area contributed by atoms with Crippen LogP contribution in [0, 0.1) is 0 Å². The number of rotatable bonds is 5. The summed E-state index contributed by atoms with van der Waals surface area (Å²) in [5.41, 5.74) is 2.05. The largest absolute Gasteiger partial charge is 0.478 e. The lowest BCUT2D eigenvalue weighted by Gasteiger charge is -2.19. The molecule has 0 spiro atoms. The first kappa shape index (κ1) is 14.1. The van der Waals surface area contributed by atoms with Gasteiger partial charge in [0, 0.05) is 24.8 Å². The number of carboxylic acid groups (broad SMARTS) is 1. The summed E-state index contributed by atoms with van der Waals surface area (Å²) < 4.78 is 5.03. The second-order valence-electron chi connectivity index (χ2n) is 5.09. The third kappa shape index (κ3) is 3.17. The normalized spacial score (nSPS) is 10.8. The highest BCUT2D eigenvalue weighted by Crippen LogP contribution is 2.21. The lowest BCUT2D eigenvalue weighted by atomic mass is 10.1. The van der Waals surface area contributed by atoms with Gasteiger partial charge in [-0.15, -0.1) is 0 Å². The zero-order valence-electron chi connectivity index (χ0n) is 11.8. The molecule has 0 amide bonds. The predicted octanol–water partition coefficient (Wildman–Crippen LogP) is 3.13. The fourth-order valence-corrected chi connectivity index (χ4v) is 1.89. The van der Waals surface area contributed by atoms with Gasteiger partial charge in [0.15, 0.2) is 0 Å². The molecule has 2 rings (SSSR count). The van der Waals surface area contributed by atoms with Crippen LogP contribution in [0.25, 0.3) is 0 Å². The summed E-state index contributed by atoms with van der Waals surface area (Å²) in [5, 5.41) is 9.19. The summed E-state index contributed by atoms with van der Waals surface area (Å²) in [6, 6.07) is 5.09. The second kappa shape index (κ2) is 5.77. The van der Waals surface area contributed by atoms with Gasteiger partial charge < -0.3 is 14.4 Å². The Kier molecular flexibility index (Phi) is 4.08. The molecule has 5 heteroatoms. The van der Waals surface area contributed by atoms with Crippen molar-refractivity contribution in [2.24, 2.45) is 0 Å². The molecule has 0 aliphatic carbocycles. The first-order chi connectivity index (χ1) is 9.47. The van der Waals surface area contributed by atoms with Crippen molar-refractivity contribution in [2.45, 2.75) is 26.3 Å². The molecular weight excluding hydrogens is 256 g/mol. The van der Waals surface area contributed by atoms with Gasteiger partial charge in [0.2, 0.25) is 0 Å². The van der Waals surface area contributed by atoms with E-state index in [1.807, 2.05) is 31.9 Å². The van der Waals surface area contributed by atoms with Gasteiger partial charge in [-0.1, -0.05) is 13.8 Å². The molecule has 2 aromatic rings. The van der Waals surface area contributed by atoms with E-state index in [1.165, 1.54) is 0 Å². The van der Waals surface area contributed by atoms with Crippen LogP contribution in [0.15, 0.2) is 35.1 Å². The van der Waals surface area contributed by atoms with Crippen molar-refractivity contribution in [3.8, 4) is 0 Å². The zero-order chi connectivity index (χ0) is 14.7. The molecule has 5 nitrogen and oxygen atoms in total. The van der Waals surface area contributed by atoms with Crippen LogP contribution in [0.2, 0.25) is 0 Å². The highest BCUT2D eigenvalue weighted by molar-refractivity contribution is 5.88. The molecule has 0 aromatic carbocycles. The molecule has 0 saturated carbocycles. The summed E-state index contributed by atoms with van der Waals surface area (Å²) in [4.78, 5) is 17.6. The van der Waals surface area contributed by atoms with E-state index in [0.717, 1.165) is 11.3 Å². The van der Waals surface area contributed by atoms with Gasteiger partial charge in [-0.2, -0.15) is 0 Å². The fraction of sp³-hybridized carbons (Fsp3) is 0.333. The van der Waals surface area contributed by atoms with Gasteiger partial charge in [-0.3, -0.25) is 0 Å². The number of carbonyl (C=O) groups is 1. The van der Waals surface area contributed by atoms with Crippen LogP contribution in [0.4, 0.5) is 5.82 Å². The van der Waals surface area contributed by atoms with Crippen molar-refractivity contribution in [3.63, 3.8) is 0 Å². The molecule has 0 fully saturated rings. The molecule has 0 saturated heterocycles. The summed E-state index contributed by atoms with van der Waals surface area (Å²) in [6.45, 7) is 4.60. The highest BCUT2D eigenvalue weighted by Gasteiger charge is 2.13. The molecular formula is C15H18N2O3. The van der Waals surface area contributed by atoms with Crippen molar-refractivity contribution in [3.05, 3.63) is 47.5 Å². The molecule has 0 aliphatic rings. The van der Waals surface area contributed by atoms with Crippen molar-refractivity contribution in [1.29, 1.82) is 0 Å². The maximum atomic E-state index is 11.2. The van der Waals surface area contributed by atoms with Crippen LogP contribution in [0.3, 0.4) is 0 Å². The van der Waals surface area contributed by atoms with E-state index in [9.17, 15) is 9.90 Å². The number of pyridine rings is 1. The van der Waals surface area contributed by atoms with E-state index in [1.54, 1.807) is 24.7 Å². The van der Waals surface area contributed by atoms with E-state index in [4.69, 9.17) is 4.42 Å². The molecule has 0 radical (unpaired) electrons. The quantitative estimate of drug-likeness (QED) is 0.907. The number of hydrogen-bond donors (Lipinski definition) is 1. The summed E-state index contributed by atoms with van der Waals surface area (Å²) in [5.74, 6) is -0.113. The average Bonchev–Trinajstić information content (AvgIpc) is 2.90. The standard InChI is InChI=1S/C15H18N2O3/c1-10(2)13-6-12(15(18)19)7-14(16-13)17(3)8-11-4-5-20-9-11/h4-7,9-10H,8H2,1-3H3,(H,18,19). The number of furan rings is 1. The second-order valence-corrected chi connectivity index (χ2v) is 5.09. The predicted molar refractivity (Wildman–Crippen MR) is 76.1 cm³/mol. The molecule has 2 aromatic heterocycles. The molecule has 0 atom stereocenters. The lowest BCUT2D eigenvalue weighted by Crippen LogP contribution is -2.19. The number of anilines is 1. The Balaban J connectivity index is 2.32. The number of aromatic carboxylic acids is 1. The molecule has 2 heterocycles. The first-order valence-electron chi connectivity index (χ1n) is 6.45. The van der Waals surface area contributed by atoms with Gasteiger partial charge in [0.05, 0.1) is 18.1 Å². The van der Waals surface area contributed by atoms with E-state index >= 15 is 0 Å². The summed E-state index contributed by atoms with van der Waals surface area (Å²) in [7, 11) is 1.88. The third-order valence-corrected chi connectivity index (χ3v) is 3.06.